The fourth-order valence-electron chi connectivity index (χ4n) is 2.00. The third-order valence-corrected chi connectivity index (χ3v) is 3.71. The highest BCUT2D eigenvalue weighted by atomic mass is 32.1. The van der Waals surface area contributed by atoms with Crippen molar-refractivity contribution in [1.29, 1.82) is 0 Å². The van der Waals surface area contributed by atoms with Gasteiger partial charge in [0.15, 0.2) is 0 Å². The van der Waals surface area contributed by atoms with E-state index < -0.39 is 0 Å². The van der Waals surface area contributed by atoms with Crippen molar-refractivity contribution in [3.05, 3.63) is 17.1 Å². The first-order valence-corrected chi connectivity index (χ1v) is 6.40. The summed E-state index contributed by atoms with van der Waals surface area (Å²) < 4.78 is 0. The van der Waals surface area contributed by atoms with E-state index in [0.717, 1.165) is 42.7 Å². The second-order valence-electron chi connectivity index (χ2n) is 3.99. The second-order valence-corrected chi connectivity index (χ2v) is 4.88. The van der Waals surface area contributed by atoms with E-state index in [4.69, 9.17) is 0 Å². The SMILES string of the molecule is Cc1nc(N2CCNCC2)nc2sccc12. The van der Waals surface area contributed by atoms with Crippen molar-refractivity contribution < 1.29 is 0 Å². The van der Waals surface area contributed by atoms with Gasteiger partial charge in [0.05, 0.1) is 5.69 Å². The van der Waals surface area contributed by atoms with Gasteiger partial charge in [0, 0.05) is 31.6 Å². The number of hydrogen-bond donors (Lipinski definition) is 1. The van der Waals surface area contributed by atoms with Crippen LogP contribution in [0.5, 0.6) is 0 Å². The monoisotopic (exact) mass is 234 g/mol. The molecule has 0 radical (unpaired) electrons. The van der Waals surface area contributed by atoms with Crippen LogP contribution in [-0.2, 0) is 0 Å². The zero-order valence-corrected chi connectivity index (χ0v) is 10.0. The van der Waals surface area contributed by atoms with Crippen LogP contribution in [0.15, 0.2) is 11.4 Å². The first-order valence-electron chi connectivity index (χ1n) is 5.52. The number of aryl methyl sites for hydroxylation is 1. The van der Waals surface area contributed by atoms with Crippen molar-refractivity contribution in [2.24, 2.45) is 0 Å². The molecule has 5 heteroatoms. The molecule has 16 heavy (non-hydrogen) atoms. The van der Waals surface area contributed by atoms with E-state index in [2.05, 4.69) is 38.6 Å². The van der Waals surface area contributed by atoms with Crippen molar-refractivity contribution in [2.45, 2.75) is 6.92 Å². The van der Waals surface area contributed by atoms with Crippen LogP contribution in [0.3, 0.4) is 0 Å². The fourth-order valence-corrected chi connectivity index (χ4v) is 2.81. The Morgan fingerprint density at radius 1 is 1.31 bits per heavy atom. The Morgan fingerprint density at radius 2 is 2.12 bits per heavy atom. The molecule has 1 aliphatic rings. The minimum Gasteiger partial charge on any atom is -0.338 e. The van der Waals surface area contributed by atoms with Crippen LogP contribution in [0.4, 0.5) is 5.95 Å². The van der Waals surface area contributed by atoms with Gasteiger partial charge in [-0.15, -0.1) is 11.3 Å². The quantitative estimate of drug-likeness (QED) is 0.810. The summed E-state index contributed by atoms with van der Waals surface area (Å²) in [5.74, 6) is 0.883. The van der Waals surface area contributed by atoms with Crippen LogP contribution in [0.2, 0.25) is 0 Å². The van der Waals surface area contributed by atoms with E-state index in [0.29, 0.717) is 0 Å². The fraction of sp³-hybridized carbons (Fsp3) is 0.455. The van der Waals surface area contributed by atoms with Gasteiger partial charge in [-0.1, -0.05) is 0 Å². The number of anilines is 1. The van der Waals surface area contributed by atoms with Crippen molar-refractivity contribution in [2.75, 3.05) is 31.1 Å². The van der Waals surface area contributed by atoms with E-state index >= 15 is 0 Å². The summed E-state index contributed by atoms with van der Waals surface area (Å²) in [5.41, 5.74) is 1.08. The second kappa shape index (κ2) is 3.99. The Labute approximate surface area is 98.3 Å². The van der Waals surface area contributed by atoms with E-state index in [1.165, 1.54) is 5.39 Å². The molecule has 84 valence electrons. The van der Waals surface area contributed by atoms with E-state index in [-0.39, 0.29) is 0 Å². The van der Waals surface area contributed by atoms with Gasteiger partial charge in [-0.3, -0.25) is 0 Å². The Bertz CT molecular complexity index is 502. The van der Waals surface area contributed by atoms with Gasteiger partial charge in [-0.2, -0.15) is 0 Å². The molecule has 0 spiro atoms. The number of hydrogen-bond acceptors (Lipinski definition) is 5. The molecule has 2 aromatic heterocycles. The molecular weight excluding hydrogens is 220 g/mol. The lowest BCUT2D eigenvalue weighted by atomic mass is 10.3. The number of nitrogens with zero attached hydrogens (tertiary/aromatic N) is 3. The van der Waals surface area contributed by atoms with Crippen molar-refractivity contribution in [3.63, 3.8) is 0 Å². The number of rotatable bonds is 1. The maximum atomic E-state index is 4.63. The minimum atomic E-state index is 0.883. The van der Waals surface area contributed by atoms with Crippen molar-refractivity contribution in [1.82, 2.24) is 15.3 Å². The third-order valence-electron chi connectivity index (χ3n) is 2.90. The smallest absolute Gasteiger partial charge is 0.227 e. The zero-order chi connectivity index (χ0) is 11.0. The summed E-state index contributed by atoms with van der Waals surface area (Å²) in [4.78, 5) is 12.6. The van der Waals surface area contributed by atoms with Gasteiger partial charge in [0.2, 0.25) is 5.95 Å². The topological polar surface area (TPSA) is 41.1 Å². The van der Waals surface area contributed by atoms with Gasteiger partial charge in [0.25, 0.3) is 0 Å². The molecule has 0 aromatic carbocycles. The number of nitrogens with one attached hydrogen (secondary N) is 1. The largest absolute Gasteiger partial charge is 0.338 e. The highest BCUT2D eigenvalue weighted by Gasteiger charge is 2.14. The first kappa shape index (κ1) is 9.99. The van der Waals surface area contributed by atoms with Gasteiger partial charge >= 0.3 is 0 Å². The Hall–Kier alpha value is -1.20. The summed E-state index contributed by atoms with van der Waals surface area (Å²) in [6, 6.07) is 2.09. The van der Waals surface area contributed by atoms with E-state index in [1.807, 2.05) is 0 Å². The normalized spacial score (nSPS) is 16.9. The molecule has 0 bridgehead atoms. The van der Waals surface area contributed by atoms with Crippen molar-refractivity contribution >= 4 is 27.5 Å². The highest BCUT2D eigenvalue weighted by molar-refractivity contribution is 7.16. The molecule has 3 rings (SSSR count). The maximum absolute atomic E-state index is 4.63. The molecule has 0 amide bonds. The zero-order valence-electron chi connectivity index (χ0n) is 9.23. The lowest BCUT2D eigenvalue weighted by molar-refractivity contribution is 0.580. The molecular formula is C11H14N4S. The van der Waals surface area contributed by atoms with Gasteiger partial charge in [0.1, 0.15) is 4.83 Å². The molecule has 1 aliphatic heterocycles. The lowest BCUT2D eigenvalue weighted by Crippen LogP contribution is -2.44. The summed E-state index contributed by atoms with van der Waals surface area (Å²) in [6.07, 6.45) is 0. The predicted molar refractivity (Wildman–Crippen MR) is 67.2 cm³/mol. The molecule has 0 aliphatic carbocycles. The average molecular weight is 234 g/mol. The average Bonchev–Trinajstić information content (AvgIpc) is 2.79. The Kier molecular flexibility index (Phi) is 2.49. The Balaban J connectivity index is 2.02. The molecule has 0 saturated carbocycles. The summed E-state index contributed by atoms with van der Waals surface area (Å²) in [7, 11) is 0. The van der Waals surface area contributed by atoms with Crippen LogP contribution in [0.1, 0.15) is 5.69 Å². The third kappa shape index (κ3) is 1.66. The molecule has 3 heterocycles. The summed E-state index contributed by atoms with van der Waals surface area (Å²) in [5, 5.41) is 6.60. The van der Waals surface area contributed by atoms with Crippen LogP contribution >= 0.6 is 11.3 Å². The number of fused-ring (bicyclic) bond motifs is 1. The van der Waals surface area contributed by atoms with E-state index in [9.17, 15) is 0 Å². The van der Waals surface area contributed by atoms with Gasteiger partial charge in [-0.25, -0.2) is 9.97 Å². The lowest BCUT2D eigenvalue weighted by Gasteiger charge is -2.27. The number of aromatic nitrogens is 2. The highest BCUT2D eigenvalue weighted by Crippen LogP contribution is 2.23. The van der Waals surface area contributed by atoms with Gasteiger partial charge < -0.3 is 10.2 Å². The molecule has 0 unspecified atom stereocenters. The van der Waals surface area contributed by atoms with Crippen LogP contribution in [0, 0.1) is 6.92 Å². The van der Waals surface area contributed by atoms with Crippen LogP contribution in [0.25, 0.3) is 10.2 Å². The number of thiophene rings is 1. The van der Waals surface area contributed by atoms with Crippen LogP contribution < -0.4 is 10.2 Å². The maximum Gasteiger partial charge on any atom is 0.227 e. The minimum absolute atomic E-state index is 0.883. The molecule has 1 fully saturated rings. The van der Waals surface area contributed by atoms with Crippen LogP contribution in [-0.4, -0.2) is 36.1 Å². The summed E-state index contributed by atoms with van der Waals surface area (Å²) in [6.45, 7) is 6.09. The van der Waals surface area contributed by atoms with E-state index in [1.54, 1.807) is 11.3 Å². The molecule has 1 N–H and O–H groups in total. The summed E-state index contributed by atoms with van der Waals surface area (Å²) >= 11 is 1.69. The standard InChI is InChI=1S/C11H14N4S/c1-8-9-2-7-16-10(9)14-11(13-8)15-5-3-12-4-6-15/h2,7,12H,3-6H2,1H3. The molecule has 4 nitrogen and oxygen atoms in total. The first-order chi connectivity index (χ1) is 7.84. The van der Waals surface area contributed by atoms with Gasteiger partial charge in [-0.05, 0) is 18.4 Å². The molecule has 2 aromatic rings. The molecule has 1 saturated heterocycles. The van der Waals surface area contributed by atoms with Crippen molar-refractivity contribution in [3.8, 4) is 0 Å². The predicted octanol–water partition coefficient (Wildman–Crippen LogP) is 1.41. The Morgan fingerprint density at radius 3 is 2.94 bits per heavy atom. The number of piperazine rings is 1. The molecule has 0 atom stereocenters.